The molecule has 1 aliphatic rings. The Morgan fingerprint density at radius 1 is 1.05 bits per heavy atom. The Hall–Kier alpha value is -2.88. The first kappa shape index (κ1) is 12.8. The first-order valence-electron chi connectivity index (χ1n) is 7.33. The maximum absolute atomic E-state index is 12.1. The summed E-state index contributed by atoms with van der Waals surface area (Å²) < 4.78 is 2.11. The van der Waals surface area contributed by atoms with E-state index in [0.29, 0.717) is 12.1 Å². The zero-order valence-corrected chi connectivity index (χ0v) is 12.0. The summed E-state index contributed by atoms with van der Waals surface area (Å²) in [5, 5.41) is 2.93. The molecule has 22 heavy (non-hydrogen) atoms. The van der Waals surface area contributed by atoms with Gasteiger partial charge >= 0.3 is 0 Å². The molecule has 0 saturated carbocycles. The SMILES string of the molecule is O=C1NCCn2c(C=Cc3ccccc3)nc3cccc1c32. The van der Waals surface area contributed by atoms with Crippen molar-refractivity contribution in [3.63, 3.8) is 0 Å². The van der Waals surface area contributed by atoms with Crippen LogP contribution in [0, 0.1) is 0 Å². The number of aromatic nitrogens is 2. The Morgan fingerprint density at radius 2 is 1.91 bits per heavy atom. The molecule has 1 amide bonds. The molecule has 0 bridgehead atoms. The summed E-state index contributed by atoms with van der Waals surface area (Å²) in [6.45, 7) is 1.35. The molecule has 4 nitrogen and oxygen atoms in total. The van der Waals surface area contributed by atoms with Crippen LogP contribution in [0.4, 0.5) is 0 Å². The second-order valence-corrected chi connectivity index (χ2v) is 5.29. The van der Waals surface area contributed by atoms with Crippen LogP contribution in [-0.4, -0.2) is 22.0 Å². The van der Waals surface area contributed by atoms with Crippen LogP contribution in [0.2, 0.25) is 0 Å². The molecule has 1 aromatic heterocycles. The van der Waals surface area contributed by atoms with Gasteiger partial charge in [0.05, 0.1) is 16.6 Å². The van der Waals surface area contributed by atoms with Gasteiger partial charge in [-0.2, -0.15) is 0 Å². The normalized spacial score (nSPS) is 14.3. The van der Waals surface area contributed by atoms with Gasteiger partial charge in [0.2, 0.25) is 0 Å². The molecule has 0 spiro atoms. The zero-order valence-electron chi connectivity index (χ0n) is 12.0. The fourth-order valence-electron chi connectivity index (χ4n) is 2.85. The highest BCUT2D eigenvalue weighted by atomic mass is 16.1. The van der Waals surface area contributed by atoms with Gasteiger partial charge in [-0.25, -0.2) is 4.98 Å². The first-order chi connectivity index (χ1) is 10.8. The van der Waals surface area contributed by atoms with E-state index in [1.165, 1.54) is 0 Å². The number of imidazole rings is 1. The third-order valence-electron chi connectivity index (χ3n) is 3.89. The highest BCUT2D eigenvalue weighted by molar-refractivity contribution is 6.05. The lowest BCUT2D eigenvalue weighted by Gasteiger charge is -2.03. The molecule has 2 heterocycles. The number of amides is 1. The molecular weight excluding hydrogens is 274 g/mol. The number of para-hydroxylation sites is 1. The van der Waals surface area contributed by atoms with Gasteiger partial charge < -0.3 is 9.88 Å². The van der Waals surface area contributed by atoms with Crippen molar-refractivity contribution in [1.29, 1.82) is 0 Å². The van der Waals surface area contributed by atoms with Crippen LogP contribution >= 0.6 is 0 Å². The lowest BCUT2D eigenvalue weighted by Crippen LogP contribution is -2.24. The third-order valence-corrected chi connectivity index (χ3v) is 3.89. The highest BCUT2D eigenvalue weighted by Crippen LogP contribution is 2.23. The monoisotopic (exact) mass is 289 g/mol. The molecule has 0 aliphatic carbocycles. The molecule has 3 aromatic rings. The van der Waals surface area contributed by atoms with Crippen LogP contribution < -0.4 is 5.32 Å². The predicted octanol–water partition coefficient (Wildman–Crippen LogP) is 2.95. The molecule has 0 unspecified atom stereocenters. The smallest absolute Gasteiger partial charge is 0.253 e. The van der Waals surface area contributed by atoms with Crippen LogP contribution in [0.5, 0.6) is 0 Å². The highest BCUT2D eigenvalue weighted by Gasteiger charge is 2.19. The van der Waals surface area contributed by atoms with Gasteiger partial charge in [0.25, 0.3) is 5.91 Å². The van der Waals surface area contributed by atoms with Crippen LogP contribution in [0.15, 0.2) is 48.5 Å². The number of benzene rings is 2. The number of carbonyl (C=O) groups excluding carboxylic acids is 1. The van der Waals surface area contributed by atoms with Crippen LogP contribution in [0.3, 0.4) is 0 Å². The average molecular weight is 289 g/mol. The van der Waals surface area contributed by atoms with E-state index in [2.05, 4.69) is 27.0 Å². The number of rotatable bonds is 2. The van der Waals surface area contributed by atoms with E-state index in [4.69, 9.17) is 0 Å². The van der Waals surface area contributed by atoms with Gasteiger partial charge in [-0.1, -0.05) is 42.5 Å². The molecular formula is C18H15N3O. The van der Waals surface area contributed by atoms with Crippen molar-refractivity contribution in [3.05, 3.63) is 65.5 Å². The van der Waals surface area contributed by atoms with E-state index in [1.54, 1.807) is 0 Å². The summed E-state index contributed by atoms with van der Waals surface area (Å²) in [4.78, 5) is 16.8. The van der Waals surface area contributed by atoms with E-state index in [0.717, 1.165) is 29.0 Å². The van der Waals surface area contributed by atoms with E-state index in [-0.39, 0.29) is 5.91 Å². The quantitative estimate of drug-likeness (QED) is 0.788. The van der Waals surface area contributed by atoms with Gasteiger partial charge in [-0.15, -0.1) is 0 Å². The molecule has 4 rings (SSSR count). The number of carbonyl (C=O) groups is 1. The van der Waals surface area contributed by atoms with Gasteiger partial charge in [0.15, 0.2) is 0 Å². The Labute approximate surface area is 128 Å². The van der Waals surface area contributed by atoms with Crippen molar-refractivity contribution in [2.24, 2.45) is 0 Å². The van der Waals surface area contributed by atoms with E-state index in [9.17, 15) is 4.79 Å². The summed E-state index contributed by atoms with van der Waals surface area (Å²) in [7, 11) is 0. The average Bonchev–Trinajstić information content (AvgIpc) is 2.82. The molecule has 0 saturated heterocycles. The first-order valence-corrected chi connectivity index (χ1v) is 7.33. The molecule has 2 aromatic carbocycles. The van der Waals surface area contributed by atoms with Crippen LogP contribution in [0.25, 0.3) is 23.2 Å². The minimum Gasteiger partial charge on any atom is -0.350 e. The lowest BCUT2D eigenvalue weighted by molar-refractivity contribution is 0.0956. The Balaban J connectivity index is 1.85. The Morgan fingerprint density at radius 3 is 2.77 bits per heavy atom. The minimum absolute atomic E-state index is 0.0251. The van der Waals surface area contributed by atoms with Gasteiger partial charge in [0.1, 0.15) is 5.82 Å². The van der Waals surface area contributed by atoms with Crippen molar-refractivity contribution in [2.45, 2.75) is 6.54 Å². The second kappa shape index (κ2) is 5.15. The Bertz CT molecular complexity index is 878. The second-order valence-electron chi connectivity index (χ2n) is 5.29. The minimum atomic E-state index is -0.0251. The van der Waals surface area contributed by atoms with Crippen LogP contribution in [0.1, 0.15) is 21.7 Å². The van der Waals surface area contributed by atoms with Gasteiger partial charge in [-0.3, -0.25) is 4.79 Å². The number of nitrogens with one attached hydrogen (secondary N) is 1. The Kier molecular flexibility index (Phi) is 3.00. The van der Waals surface area contributed by atoms with Crippen molar-refractivity contribution in [3.8, 4) is 0 Å². The fourth-order valence-corrected chi connectivity index (χ4v) is 2.85. The van der Waals surface area contributed by atoms with Crippen molar-refractivity contribution >= 4 is 29.1 Å². The summed E-state index contributed by atoms with van der Waals surface area (Å²) in [5.74, 6) is 0.852. The van der Waals surface area contributed by atoms with Gasteiger partial charge in [-0.05, 0) is 23.8 Å². The maximum atomic E-state index is 12.1. The molecule has 108 valence electrons. The van der Waals surface area contributed by atoms with Gasteiger partial charge in [0, 0.05) is 13.1 Å². The van der Waals surface area contributed by atoms with E-state index < -0.39 is 0 Å². The predicted molar refractivity (Wildman–Crippen MR) is 87.4 cm³/mol. The van der Waals surface area contributed by atoms with E-state index in [1.807, 2.05) is 48.6 Å². The number of nitrogens with zero attached hydrogens (tertiary/aromatic N) is 2. The lowest BCUT2D eigenvalue weighted by atomic mass is 10.2. The number of hydrogen-bond donors (Lipinski definition) is 1. The van der Waals surface area contributed by atoms with Crippen LogP contribution in [-0.2, 0) is 6.54 Å². The summed E-state index contributed by atoms with van der Waals surface area (Å²) in [6.07, 6.45) is 4.05. The topological polar surface area (TPSA) is 46.9 Å². The number of hydrogen-bond acceptors (Lipinski definition) is 2. The zero-order chi connectivity index (χ0) is 14.9. The summed E-state index contributed by atoms with van der Waals surface area (Å²) >= 11 is 0. The largest absolute Gasteiger partial charge is 0.350 e. The molecule has 0 fully saturated rings. The molecule has 0 radical (unpaired) electrons. The van der Waals surface area contributed by atoms with Crippen molar-refractivity contribution in [2.75, 3.05) is 6.54 Å². The third kappa shape index (κ3) is 2.09. The maximum Gasteiger partial charge on any atom is 0.253 e. The van der Waals surface area contributed by atoms with Crippen molar-refractivity contribution in [1.82, 2.24) is 14.9 Å². The summed E-state index contributed by atoms with van der Waals surface area (Å²) in [6, 6.07) is 15.8. The fraction of sp³-hybridized carbons (Fsp3) is 0.111. The van der Waals surface area contributed by atoms with Crippen molar-refractivity contribution < 1.29 is 4.79 Å². The molecule has 1 N–H and O–H groups in total. The molecule has 0 atom stereocenters. The molecule has 1 aliphatic heterocycles. The summed E-state index contributed by atoms with van der Waals surface area (Å²) in [5.41, 5.74) is 3.61. The van der Waals surface area contributed by atoms with E-state index >= 15 is 0 Å². The standard InChI is InChI=1S/C18H15N3O/c22-18-14-7-4-8-15-17(14)21(12-11-19-18)16(20-15)10-9-13-5-2-1-3-6-13/h1-10H,11-12H2,(H,19,22). The molecule has 4 heteroatoms.